The van der Waals surface area contributed by atoms with Crippen LogP contribution in [0, 0.1) is 0 Å². The molecular weight excluding hydrogens is 148 g/mol. The minimum atomic E-state index is 0. The third kappa shape index (κ3) is 11.1. The summed E-state index contributed by atoms with van der Waals surface area (Å²) in [5, 5.41) is 0. The molecule has 0 bridgehead atoms. The molecule has 0 aliphatic heterocycles. The lowest BCUT2D eigenvalue weighted by Crippen LogP contribution is -1.99. The first-order valence-electron chi connectivity index (χ1n) is 3.82. The van der Waals surface area contributed by atoms with Crippen molar-refractivity contribution < 1.29 is 0 Å². The predicted octanol–water partition coefficient (Wildman–Crippen LogP) is 1.28. The van der Waals surface area contributed by atoms with Crippen LogP contribution in [0.3, 0.4) is 0 Å². The summed E-state index contributed by atoms with van der Waals surface area (Å²) < 4.78 is 0. The zero-order valence-electron chi connectivity index (χ0n) is 6.51. The molecule has 64 valence electrons. The van der Waals surface area contributed by atoms with Crippen molar-refractivity contribution in [2.75, 3.05) is 13.1 Å². The Morgan fingerprint density at radius 2 is 0.900 bits per heavy atom. The monoisotopic (exact) mass is 166 g/mol. The van der Waals surface area contributed by atoms with Gasteiger partial charge in [0.25, 0.3) is 0 Å². The number of rotatable bonds is 6. The molecule has 0 saturated heterocycles. The van der Waals surface area contributed by atoms with Crippen LogP contribution in [0.2, 0.25) is 0 Å². The van der Waals surface area contributed by atoms with E-state index in [0.29, 0.717) is 0 Å². The van der Waals surface area contributed by atoms with Gasteiger partial charge in [0, 0.05) is 0 Å². The quantitative estimate of drug-likeness (QED) is 0.585. The summed E-state index contributed by atoms with van der Waals surface area (Å²) >= 11 is 0. The molecule has 0 atom stereocenters. The average molecular weight is 167 g/mol. The summed E-state index contributed by atoms with van der Waals surface area (Å²) in [5.41, 5.74) is 10.6. The number of unbranched alkanes of at least 4 members (excludes halogenated alkanes) is 4. The summed E-state index contributed by atoms with van der Waals surface area (Å²) in [6.45, 7) is 1.67. The van der Waals surface area contributed by atoms with E-state index >= 15 is 0 Å². The van der Waals surface area contributed by atoms with Crippen molar-refractivity contribution in [3.8, 4) is 0 Å². The van der Waals surface area contributed by atoms with Gasteiger partial charge in [-0.25, -0.2) is 0 Å². The topological polar surface area (TPSA) is 52.0 Å². The van der Waals surface area contributed by atoms with E-state index in [0.717, 1.165) is 13.1 Å². The standard InChI is InChI=1S/C7H18N2.ClH/c8-6-4-2-1-3-5-7-9;/h1-9H2;1H. The summed E-state index contributed by atoms with van der Waals surface area (Å²) in [4.78, 5) is 0. The Morgan fingerprint density at radius 1 is 0.600 bits per heavy atom. The van der Waals surface area contributed by atoms with Crippen LogP contribution in [-0.4, -0.2) is 13.1 Å². The van der Waals surface area contributed by atoms with Gasteiger partial charge in [-0.3, -0.25) is 0 Å². The number of hydrogen-bond acceptors (Lipinski definition) is 2. The Morgan fingerprint density at radius 3 is 1.20 bits per heavy atom. The van der Waals surface area contributed by atoms with E-state index in [1.165, 1.54) is 32.1 Å². The Labute approximate surface area is 69.8 Å². The van der Waals surface area contributed by atoms with Crippen LogP contribution in [0.25, 0.3) is 0 Å². The summed E-state index contributed by atoms with van der Waals surface area (Å²) in [6.07, 6.45) is 6.19. The molecule has 0 aromatic heterocycles. The molecule has 0 aromatic carbocycles. The highest BCUT2D eigenvalue weighted by atomic mass is 35.5. The highest BCUT2D eigenvalue weighted by Gasteiger charge is 1.85. The summed E-state index contributed by atoms with van der Waals surface area (Å²) in [6, 6.07) is 0. The molecule has 0 saturated carbocycles. The van der Waals surface area contributed by atoms with Gasteiger partial charge in [0.15, 0.2) is 0 Å². The first-order chi connectivity index (χ1) is 4.41. The van der Waals surface area contributed by atoms with Gasteiger partial charge in [-0.2, -0.15) is 0 Å². The highest BCUT2D eigenvalue weighted by Crippen LogP contribution is 1.99. The average Bonchev–Trinajstić information content (AvgIpc) is 1.89. The first kappa shape index (κ1) is 12.8. The van der Waals surface area contributed by atoms with Gasteiger partial charge in [-0.1, -0.05) is 19.3 Å². The Kier molecular flexibility index (Phi) is 15.3. The molecule has 0 aliphatic rings. The lowest BCUT2D eigenvalue weighted by atomic mass is 10.1. The van der Waals surface area contributed by atoms with E-state index in [4.69, 9.17) is 11.5 Å². The fraction of sp³-hybridized carbons (Fsp3) is 1.00. The second kappa shape index (κ2) is 11.9. The SMILES string of the molecule is Cl.NCCCCCCCN. The van der Waals surface area contributed by atoms with Gasteiger partial charge >= 0.3 is 0 Å². The molecule has 3 heteroatoms. The zero-order valence-corrected chi connectivity index (χ0v) is 7.33. The molecule has 0 aliphatic carbocycles. The Hall–Kier alpha value is 0.210. The van der Waals surface area contributed by atoms with E-state index in [1.54, 1.807) is 0 Å². The van der Waals surface area contributed by atoms with E-state index in [1.807, 2.05) is 0 Å². The molecule has 0 unspecified atom stereocenters. The smallest absolute Gasteiger partial charge is 0.00773 e. The Bertz CT molecular complexity index is 44.9. The van der Waals surface area contributed by atoms with Crippen LogP contribution >= 0.6 is 12.4 Å². The van der Waals surface area contributed by atoms with E-state index < -0.39 is 0 Å². The molecule has 0 spiro atoms. The lowest BCUT2D eigenvalue weighted by molar-refractivity contribution is 0.623. The third-order valence-corrected chi connectivity index (χ3v) is 1.41. The lowest BCUT2D eigenvalue weighted by Gasteiger charge is -1.96. The molecule has 4 N–H and O–H groups in total. The van der Waals surface area contributed by atoms with Crippen LogP contribution in [0.5, 0.6) is 0 Å². The van der Waals surface area contributed by atoms with E-state index in [9.17, 15) is 0 Å². The van der Waals surface area contributed by atoms with E-state index in [2.05, 4.69) is 0 Å². The Balaban J connectivity index is 0. The van der Waals surface area contributed by atoms with Crippen LogP contribution in [0.15, 0.2) is 0 Å². The number of hydrogen-bond donors (Lipinski definition) is 2. The van der Waals surface area contributed by atoms with Crippen molar-refractivity contribution in [2.24, 2.45) is 11.5 Å². The third-order valence-electron chi connectivity index (χ3n) is 1.41. The summed E-state index contributed by atoms with van der Waals surface area (Å²) in [5.74, 6) is 0. The fourth-order valence-electron chi connectivity index (χ4n) is 0.819. The van der Waals surface area contributed by atoms with Crippen molar-refractivity contribution in [3.63, 3.8) is 0 Å². The normalized spacial score (nSPS) is 9.00. The van der Waals surface area contributed by atoms with Crippen LogP contribution in [-0.2, 0) is 0 Å². The van der Waals surface area contributed by atoms with Crippen molar-refractivity contribution in [3.05, 3.63) is 0 Å². The molecule has 0 heterocycles. The maximum absolute atomic E-state index is 5.32. The maximum atomic E-state index is 5.32. The molecule has 0 radical (unpaired) electrons. The molecule has 0 fully saturated rings. The largest absolute Gasteiger partial charge is 0.330 e. The van der Waals surface area contributed by atoms with Crippen LogP contribution in [0.4, 0.5) is 0 Å². The van der Waals surface area contributed by atoms with Crippen molar-refractivity contribution in [1.82, 2.24) is 0 Å². The van der Waals surface area contributed by atoms with Gasteiger partial charge in [-0.15, -0.1) is 12.4 Å². The molecular formula is C7H19ClN2. The second-order valence-electron chi connectivity index (χ2n) is 2.35. The predicted molar refractivity (Wildman–Crippen MR) is 48.4 cm³/mol. The minimum absolute atomic E-state index is 0. The molecule has 10 heavy (non-hydrogen) atoms. The van der Waals surface area contributed by atoms with Crippen molar-refractivity contribution >= 4 is 12.4 Å². The molecule has 0 aromatic rings. The highest BCUT2D eigenvalue weighted by molar-refractivity contribution is 5.85. The fourth-order valence-corrected chi connectivity index (χ4v) is 0.819. The minimum Gasteiger partial charge on any atom is -0.330 e. The first-order valence-corrected chi connectivity index (χ1v) is 3.82. The van der Waals surface area contributed by atoms with Crippen LogP contribution in [0.1, 0.15) is 32.1 Å². The van der Waals surface area contributed by atoms with Crippen molar-refractivity contribution in [2.45, 2.75) is 32.1 Å². The summed E-state index contributed by atoms with van der Waals surface area (Å²) in [7, 11) is 0. The van der Waals surface area contributed by atoms with E-state index in [-0.39, 0.29) is 12.4 Å². The van der Waals surface area contributed by atoms with Gasteiger partial charge in [0.2, 0.25) is 0 Å². The molecule has 0 rings (SSSR count). The van der Waals surface area contributed by atoms with Gasteiger partial charge < -0.3 is 11.5 Å². The number of halogens is 1. The maximum Gasteiger partial charge on any atom is -0.00773 e. The number of nitrogens with two attached hydrogens (primary N) is 2. The molecule has 0 amide bonds. The van der Waals surface area contributed by atoms with Gasteiger partial charge in [-0.05, 0) is 25.9 Å². The van der Waals surface area contributed by atoms with Gasteiger partial charge in [0.1, 0.15) is 0 Å². The van der Waals surface area contributed by atoms with Crippen LogP contribution < -0.4 is 11.5 Å². The zero-order chi connectivity index (χ0) is 6.95. The second-order valence-corrected chi connectivity index (χ2v) is 2.35. The van der Waals surface area contributed by atoms with Crippen molar-refractivity contribution in [1.29, 1.82) is 0 Å². The van der Waals surface area contributed by atoms with Gasteiger partial charge in [0.05, 0.1) is 0 Å². The molecule has 2 nitrogen and oxygen atoms in total.